The molecule has 3 aliphatic rings. The van der Waals surface area contributed by atoms with Crippen LogP contribution >= 0.6 is 0 Å². The van der Waals surface area contributed by atoms with Crippen molar-refractivity contribution in [3.63, 3.8) is 0 Å². The molecule has 3 fully saturated rings. The molecule has 0 aromatic carbocycles. The summed E-state index contributed by atoms with van der Waals surface area (Å²) in [6, 6.07) is -0.166. The predicted molar refractivity (Wildman–Crippen MR) is 95.9 cm³/mol. The van der Waals surface area contributed by atoms with Gasteiger partial charge in [-0.25, -0.2) is 9.50 Å². The predicted octanol–water partition coefficient (Wildman–Crippen LogP) is 1.24. The molecule has 8 heteroatoms. The minimum Gasteiger partial charge on any atom is -0.351 e. The smallest absolute Gasteiger partial charge is 0.259 e. The third kappa shape index (κ3) is 2.13. The molecule has 2 aromatic heterocycles. The highest BCUT2D eigenvalue weighted by atomic mass is 16.5. The molecule has 2 amide bonds. The number of rotatable bonds is 2. The van der Waals surface area contributed by atoms with E-state index in [-0.39, 0.29) is 23.9 Å². The van der Waals surface area contributed by atoms with E-state index in [0.29, 0.717) is 43.1 Å². The molecule has 27 heavy (non-hydrogen) atoms. The lowest BCUT2D eigenvalue weighted by Gasteiger charge is -2.34. The average Bonchev–Trinajstić information content (AvgIpc) is 3.34. The molecular weight excluding hydrogens is 346 g/mol. The van der Waals surface area contributed by atoms with E-state index >= 15 is 0 Å². The fourth-order valence-corrected chi connectivity index (χ4v) is 4.89. The Kier molecular flexibility index (Phi) is 3.40. The van der Waals surface area contributed by atoms with Crippen molar-refractivity contribution in [2.75, 3.05) is 13.2 Å². The second kappa shape index (κ2) is 5.51. The van der Waals surface area contributed by atoms with E-state index in [4.69, 9.17) is 4.74 Å². The van der Waals surface area contributed by atoms with Crippen LogP contribution in [-0.2, 0) is 9.53 Å². The maximum Gasteiger partial charge on any atom is 0.259 e. The quantitative estimate of drug-likeness (QED) is 0.796. The van der Waals surface area contributed by atoms with Crippen molar-refractivity contribution in [1.29, 1.82) is 0 Å². The van der Waals surface area contributed by atoms with Gasteiger partial charge in [0.25, 0.3) is 5.91 Å². The summed E-state index contributed by atoms with van der Waals surface area (Å²) >= 11 is 0. The van der Waals surface area contributed by atoms with Crippen LogP contribution < -0.4 is 0 Å². The molecule has 3 saturated heterocycles. The number of aromatic nitrogens is 3. The zero-order valence-corrected chi connectivity index (χ0v) is 15.8. The standard InChI is InChI=1S/C19H23N5O3/c1-11(2)14-10-27-19-4-5-22(15(19)6-16(25)24(14)19)18(26)13-8-21-23-9-12(3)7-20-17(13)23/h7-9,11,14-15H,4-6,10H2,1-3H3/t14-,15+,19-/m0/s1. The Hall–Kier alpha value is -2.48. The Bertz CT molecular complexity index is 954. The summed E-state index contributed by atoms with van der Waals surface area (Å²) in [5.74, 6) is 0.278. The normalized spacial score (nSPS) is 29.9. The Labute approximate surface area is 157 Å². The van der Waals surface area contributed by atoms with Gasteiger partial charge in [0.05, 0.1) is 31.3 Å². The van der Waals surface area contributed by atoms with Gasteiger partial charge in [-0.1, -0.05) is 13.8 Å². The van der Waals surface area contributed by atoms with E-state index in [1.54, 1.807) is 21.8 Å². The number of likely N-dealkylation sites (tertiary alicyclic amines) is 1. The number of ether oxygens (including phenoxy) is 1. The molecule has 8 nitrogen and oxygen atoms in total. The molecule has 0 saturated carbocycles. The van der Waals surface area contributed by atoms with Crippen LogP contribution in [0.4, 0.5) is 0 Å². The van der Waals surface area contributed by atoms with Gasteiger partial charge in [-0.05, 0) is 18.4 Å². The first kappa shape index (κ1) is 16.7. The van der Waals surface area contributed by atoms with Crippen LogP contribution in [0.2, 0.25) is 0 Å². The molecule has 3 aliphatic heterocycles. The van der Waals surface area contributed by atoms with Gasteiger partial charge in [0.2, 0.25) is 5.91 Å². The summed E-state index contributed by atoms with van der Waals surface area (Å²) in [4.78, 5) is 34.2. The molecule has 3 atom stereocenters. The fraction of sp³-hybridized carbons (Fsp3) is 0.579. The van der Waals surface area contributed by atoms with Crippen molar-refractivity contribution in [3.05, 3.63) is 29.7 Å². The minimum atomic E-state index is -0.658. The van der Waals surface area contributed by atoms with Crippen LogP contribution in [0, 0.1) is 12.8 Å². The van der Waals surface area contributed by atoms with Crippen molar-refractivity contribution in [2.45, 2.75) is 51.4 Å². The zero-order valence-electron chi connectivity index (χ0n) is 15.8. The number of carbonyl (C=O) groups is 2. The summed E-state index contributed by atoms with van der Waals surface area (Å²) in [6.45, 7) is 7.26. The summed E-state index contributed by atoms with van der Waals surface area (Å²) in [5, 5.41) is 4.27. The van der Waals surface area contributed by atoms with Gasteiger partial charge in [0.15, 0.2) is 11.4 Å². The van der Waals surface area contributed by atoms with Crippen LogP contribution in [-0.4, -0.2) is 67.2 Å². The molecule has 0 bridgehead atoms. The third-order valence-corrected chi connectivity index (χ3v) is 6.23. The van der Waals surface area contributed by atoms with E-state index in [2.05, 4.69) is 23.9 Å². The van der Waals surface area contributed by atoms with E-state index in [0.717, 1.165) is 5.56 Å². The van der Waals surface area contributed by atoms with Crippen molar-refractivity contribution >= 4 is 17.5 Å². The first-order chi connectivity index (χ1) is 12.9. The van der Waals surface area contributed by atoms with E-state index in [1.807, 2.05) is 18.0 Å². The molecule has 0 aliphatic carbocycles. The summed E-state index contributed by atoms with van der Waals surface area (Å²) in [6.07, 6.45) is 6.12. The van der Waals surface area contributed by atoms with Crippen molar-refractivity contribution < 1.29 is 14.3 Å². The maximum atomic E-state index is 13.3. The Balaban J connectivity index is 1.49. The SMILES string of the molecule is Cc1cnc2c(C(=O)N3CC[C@@]45OC[C@@H](C(C)C)N4C(=O)C[C@@H]35)cnn2c1. The third-order valence-electron chi connectivity index (χ3n) is 6.23. The largest absolute Gasteiger partial charge is 0.351 e. The fourth-order valence-electron chi connectivity index (χ4n) is 4.89. The van der Waals surface area contributed by atoms with Crippen LogP contribution in [0.15, 0.2) is 18.6 Å². The first-order valence-electron chi connectivity index (χ1n) is 9.49. The number of aryl methyl sites for hydroxylation is 1. The first-order valence-corrected chi connectivity index (χ1v) is 9.49. The highest BCUT2D eigenvalue weighted by molar-refractivity contribution is 6.00. The van der Waals surface area contributed by atoms with Gasteiger partial charge in [0, 0.05) is 25.4 Å². The zero-order chi connectivity index (χ0) is 18.9. The van der Waals surface area contributed by atoms with E-state index in [1.165, 1.54) is 0 Å². The second-order valence-corrected chi connectivity index (χ2v) is 8.16. The average molecular weight is 369 g/mol. The van der Waals surface area contributed by atoms with Crippen LogP contribution in [0.5, 0.6) is 0 Å². The lowest BCUT2D eigenvalue weighted by molar-refractivity contribution is -0.139. The highest BCUT2D eigenvalue weighted by Crippen LogP contribution is 2.49. The summed E-state index contributed by atoms with van der Waals surface area (Å²) in [7, 11) is 0. The topological polar surface area (TPSA) is 80.0 Å². The van der Waals surface area contributed by atoms with Crippen molar-refractivity contribution in [2.24, 2.45) is 5.92 Å². The number of hydrogen-bond acceptors (Lipinski definition) is 5. The van der Waals surface area contributed by atoms with Gasteiger partial charge in [-0.15, -0.1) is 0 Å². The molecule has 2 aromatic rings. The van der Waals surface area contributed by atoms with Gasteiger partial charge in [-0.2, -0.15) is 5.10 Å². The lowest BCUT2D eigenvalue weighted by atomic mass is 10.0. The van der Waals surface area contributed by atoms with E-state index < -0.39 is 5.72 Å². The molecular formula is C19H23N5O3. The molecule has 1 spiro atoms. The summed E-state index contributed by atoms with van der Waals surface area (Å²) in [5.41, 5.74) is 1.33. The van der Waals surface area contributed by atoms with Gasteiger partial charge >= 0.3 is 0 Å². The van der Waals surface area contributed by atoms with Crippen LogP contribution in [0.1, 0.15) is 42.6 Å². The van der Waals surface area contributed by atoms with Gasteiger partial charge in [0.1, 0.15) is 5.56 Å². The molecule has 0 N–H and O–H groups in total. The molecule has 142 valence electrons. The Morgan fingerprint density at radius 1 is 1.37 bits per heavy atom. The van der Waals surface area contributed by atoms with Crippen molar-refractivity contribution in [3.8, 4) is 0 Å². The minimum absolute atomic E-state index is 0.0826. The number of nitrogens with zero attached hydrogens (tertiary/aromatic N) is 5. The molecule has 5 heterocycles. The Morgan fingerprint density at radius 2 is 2.19 bits per heavy atom. The maximum absolute atomic E-state index is 13.3. The summed E-state index contributed by atoms with van der Waals surface area (Å²) < 4.78 is 7.83. The number of carbonyl (C=O) groups excluding carboxylic acids is 2. The van der Waals surface area contributed by atoms with E-state index in [9.17, 15) is 9.59 Å². The highest BCUT2D eigenvalue weighted by Gasteiger charge is 2.65. The molecule has 0 unspecified atom stereocenters. The second-order valence-electron chi connectivity index (χ2n) is 8.16. The van der Waals surface area contributed by atoms with Crippen molar-refractivity contribution in [1.82, 2.24) is 24.4 Å². The van der Waals surface area contributed by atoms with Gasteiger partial charge < -0.3 is 14.5 Å². The monoisotopic (exact) mass is 369 g/mol. The number of hydrogen-bond donors (Lipinski definition) is 0. The van der Waals surface area contributed by atoms with Crippen LogP contribution in [0.3, 0.4) is 0 Å². The molecule has 0 radical (unpaired) electrons. The number of amides is 2. The number of fused-ring (bicyclic) bond motifs is 1. The lowest BCUT2D eigenvalue weighted by Crippen LogP contribution is -2.51. The van der Waals surface area contributed by atoms with Crippen LogP contribution in [0.25, 0.3) is 5.65 Å². The van der Waals surface area contributed by atoms with Gasteiger partial charge in [-0.3, -0.25) is 9.59 Å². The molecule has 5 rings (SSSR count). The Morgan fingerprint density at radius 3 is 2.96 bits per heavy atom.